The average Bonchev–Trinajstić information content (AvgIpc) is 3.65. The molecule has 0 unspecified atom stereocenters. The number of hydrogen-bond acceptors (Lipinski definition) is 6. The molecule has 2 heterocycles. The molecular formula is C33H26F2N6O5. The number of carboxylic acids is 1. The molecule has 1 atom stereocenters. The lowest BCUT2D eigenvalue weighted by atomic mass is 9.98. The van der Waals surface area contributed by atoms with Crippen LogP contribution in [0, 0.1) is 18.6 Å². The van der Waals surface area contributed by atoms with E-state index in [2.05, 4.69) is 26.0 Å². The molecular weight excluding hydrogens is 598 g/mol. The van der Waals surface area contributed by atoms with Gasteiger partial charge in [-0.05, 0) is 72.4 Å². The first kappa shape index (κ1) is 30.1. The summed E-state index contributed by atoms with van der Waals surface area (Å²) in [7, 11) is 0. The predicted octanol–water partition coefficient (Wildman–Crippen LogP) is 4.61. The summed E-state index contributed by atoms with van der Waals surface area (Å²) in [5, 5.41) is 22.0. The fourth-order valence-electron chi connectivity index (χ4n) is 5.53. The Morgan fingerprint density at radius 1 is 0.957 bits per heavy atom. The lowest BCUT2D eigenvalue weighted by Gasteiger charge is -2.16. The Balaban J connectivity index is 1.33. The zero-order chi connectivity index (χ0) is 32.5. The number of carboxylic acid groups (broad SMARTS) is 1. The van der Waals surface area contributed by atoms with Crippen LogP contribution in [0.2, 0.25) is 0 Å². The van der Waals surface area contributed by atoms with Crippen molar-refractivity contribution in [2.45, 2.75) is 32.4 Å². The van der Waals surface area contributed by atoms with Gasteiger partial charge in [0.05, 0.1) is 17.8 Å². The summed E-state index contributed by atoms with van der Waals surface area (Å²) >= 11 is 0. The van der Waals surface area contributed by atoms with Crippen molar-refractivity contribution in [2.75, 3.05) is 5.32 Å². The Morgan fingerprint density at radius 2 is 1.74 bits per heavy atom. The van der Waals surface area contributed by atoms with Crippen molar-refractivity contribution in [3.8, 4) is 0 Å². The Bertz CT molecular complexity index is 2050. The summed E-state index contributed by atoms with van der Waals surface area (Å²) in [6, 6.07) is 15.6. The molecule has 1 aliphatic carbocycles. The van der Waals surface area contributed by atoms with Crippen LogP contribution < -0.4 is 16.0 Å². The highest BCUT2D eigenvalue weighted by Gasteiger charge is 2.29. The molecule has 0 fully saturated rings. The second kappa shape index (κ2) is 12.2. The van der Waals surface area contributed by atoms with E-state index in [1.807, 2.05) is 0 Å². The standard InChI is InChI=1S/C33H26F2N6O5/c1-17-20-10-12-25(22(20)9-8-21(17)33(45)46)39-32(44)28-14-26(31(43)36-15-18-7-11-23(34)24(35)13-18)38-29-27(16-37-41(28)29)40-30(42)19-5-3-2-4-6-19/h2-9,11,13-14,16,25H,10,12,15H2,1H3,(H,36,43)(H,39,44)(H,40,42)(H,45,46)/t25-/m0/s1. The lowest BCUT2D eigenvalue weighted by molar-refractivity contribution is 0.0695. The number of nitrogens with zero attached hydrogens (tertiary/aromatic N) is 3. The maximum atomic E-state index is 13.8. The van der Waals surface area contributed by atoms with Crippen molar-refractivity contribution in [3.05, 3.63) is 129 Å². The van der Waals surface area contributed by atoms with Crippen LogP contribution in [0.1, 0.15) is 76.4 Å². The summed E-state index contributed by atoms with van der Waals surface area (Å²) in [5.41, 5.74) is 3.05. The van der Waals surface area contributed by atoms with Crippen LogP contribution >= 0.6 is 0 Å². The van der Waals surface area contributed by atoms with Gasteiger partial charge in [0, 0.05) is 18.2 Å². The van der Waals surface area contributed by atoms with E-state index in [1.165, 1.54) is 28.9 Å². The van der Waals surface area contributed by atoms with Gasteiger partial charge in [-0.25, -0.2) is 23.1 Å². The van der Waals surface area contributed by atoms with Crippen LogP contribution in [0.25, 0.3) is 5.65 Å². The van der Waals surface area contributed by atoms with E-state index in [9.17, 15) is 33.1 Å². The van der Waals surface area contributed by atoms with E-state index in [-0.39, 0.29) is 34.8 Å². The minimum Gasteiger partial charge on any atom is -0.478 e. The number of carbonyl (C=O) groups is 4. The van der Waals surface area contributed by atoms with Gasteiger partial charge in [-0.1, -0.05) is 30.3 Å². The molecule has 3 aromatic carbocycles. The van der Waals surface area contributed by atoms with Crippen LogP contribution in [-0.4, -0.2) is 43.4 Å². The Morgan fingerprint density at radius 3 is 2.48 bits per heavy atom. The number of hydrogen-bond donors (Lipinski definition) is 4. The number of carbonyl (C=O) groups excluding carboxylic acids is 3. The van der Waals surface area contributed by atoms with E-state index in [0.717, 1.165) is 23.3 Å². The van der Waals surface area contributed by atoms with E-state index in [0.29, 0.717) is 29.5 Å². The summed E-state index contributed by atoms with van der Waals surface area (Å²) in [5.74, 6) is -4.89. The van der Waals surface area contributed by atoms with Crippen molar-refractivity contribution in [2.24, 2.45) is 0 Å². The molecule has 4 N–H and O–H groups in total. The number of rotatable bonds is 8. The number of nitrogens with one attached hydrogen (secondary N) is 3. The molecule has 46 heavy (non-hydrogen) atoms. The molecule has 2 aromatic heterocycles. The second-order valence-electron chi connectivity index (χ2n) is 10.7. The lowest BCUT2D eigenvalue weighted by Crippen LogP contribution is -2.31. The Labute approximate surface area is 260 Å². The van der Waals surface area contributed by atoms with Crippen LogP contribution in [0.5, 0.6) is 0 Å². The summed E-state index contributed by atoms with van der Waals surface area (Å²) in [4.78, 5) is 55.9. The van der Waals surface area contributed by atoms with Gasteiger partial charge < -0.3 is 21.1 Å². The van der Waals surface area contributed by atoms with Gasteiger partial charge in [-0.15, -0.1) is 0 Å². The number of anilines is 1. The fourth-order valence-corrected chi connectivity index (χ4v) is 5.53. The monoisotopic (exact) mass is 624 g/mol. The van der Waals surface area contributed by atoms with Gasteiger partial charge in [0.1, 0.15) is 17.1 Å². The first-order chi connectivity index (χ1) is 22.1. The Hall–Kier alpha value is -5.98. The van der Waals surface area contributed by atoms with Gasteiger partial charge in [-0.3, -0.25) is 14.4 Å². The third-order valence-electron chi connectivity index (χ3n) is 7.89. The molecule has 0 aliphatic heterocycles. The van der Waals surface area contributed by atoms with Crippen molar-refractivity contribution < 1.29 is 33.1 Å². The normalized spacial score (nSPS) is 13.7. The van der Waals surface area contributed by atoms with Crippen molar-refractivity contribution in [1.29, 1.82) is 0 Å². The third-order valence-corrected chi connectivity index (χ3v) is 7.89. The summed E-state index contributed by atoms with van der Waals surface area (Å²) in [6.45, 7) is 1.58. The first-order valence-corrected chi connectivity index (χ1v) is 14.2. The molecule has 232 valence electrons. The molecule has 6 rings (SSSR count). The smallest absolute Gasteiger partial charge is 0.335 e. The van der Waals surface area contributed by atoms with Crippen molar-refractivity contribution in [1.82, 2.24) is 25.2 Å². The SMILES string of the molecule is Cc1c(C(=O)O)ccc2c1CC[C@@H]2NC(=O)c1cc(C(=O)NCc2ccc(F)c(F)c2)nc2c(NC(=O)c3ccccc3)cnn12. The van der Waals surface area contributed by atoms with Crippen LogP contribution in [0.4, 0.5) is 14.5 Å². The van der Waals surface area contributed by atoms with Gasteiger partial charge in [0.25, 0.3) is 17.7 Å². The summed E-state index contributed by atoms with van der Waals surface area (Å²) in [6.07, 6.45) is 2.40. The average molecular weight is 625 g/mol. The topological polar surface area (TPSA) is 155 Å². The maximum absolute atomic E-state index is 13.8. The molecule has 0 saturated carbocycles. The van der Waals surface area contributed by atoms with E-state index in [4.69, 9.17) is 0 Å². The predicted molar refractivity (Wildman–Crippen MR) is 162 cm³/mol. The van der Waals surface area contributed by atoms with E-state index < -0.39 is 41.4 Å². The minimum atomic E-state index is -1.06. The highest BCUT2D eigenvalue weighted by atomic mass is 19.2. The van der Waals surface area contributed by atoms with Crippen LogP contribution in [-0.2, 0) is 13.0 Å². The Kier molecular flexibility index (Phi) is 7.97. The van der Waals surface area contributed by atoms with Crippen molar-refractivity contribution in [3.63, 3.8) is 0 Å². The molecule has 3 amide bonds. The van der Waals surface area contributed by atoms with Crippen LogP contribution in [0.3, 0.4) is 0 Å². The molecule has 0 bridgehead atoms. The number of halogens is 2. The molecule has 1 aliphatic rings. The van der Waals surface area contributed by atoms with Gasteiger partial charge in [-0.2, -0.15) is 5.10 Å². The van der Waals surface area contributed by atoms with Crippen molar-refractivity contribution >= 4 is 35.0 Å². The number of aromatic carboxylic acids is 1. The maximum Gasteiger partial charge on any atom is 0.335 e. The first-order valence-electron chi connectivity index (χ1n) is 14.2. The number of aromatic nitrogens is 3. The third kappa shape index (κ3) is 5.77. The van der Waals surface area contributed by atoms with E-state index >= 15 is 0 Å². The fraction of sp³-hybridized carbons (Fsp3) is 0.152. The highest BCUT2D eigenvalue weighted by molar-refractivity contribution is 6.06. The number of fused-ring (bicyclic) bond motifs is 2. The summed E-state index contributed by atoms with van der Waals surface area (Å²) < 4.78 is 28.3. The highest BCUT2D eigenvalue weighted by Crippen LogP contribution is 2.35. The zero-order valence-electron chi connectivity index (χ0n) is 24.3. The largest absolute Gasteiger partial charge is 0.478 e. The second-order valence-corrected chi connectivity index (χ2v) is 10.7. The van der Waals surface area contributed by atoms with Gasteiger partial charge in [0.15, 0.2) is 17.3 Å². The number of amides is 3. The quantitative estimate of drug-likeness (QED) is 0.197. The van der Waals surface area contributed by atoms with Crippen LogP contribution in [0.15, 0.2) is 72.9 Å². The molecule has 0 radical (unpaired) electrons. The minimum absolute atomic E-state index is 0.0173. The van der Waals surface area contributed by atoms with Gasteiger partial charge >= 0.3 is 5.97 Å². The van der Waals surface area contributed by atoms with Gasteiger partial charge in [0.2, 0.25) is 0 Å². The molecule has 13 heteroatoms. The molecule has 11 nitrogen and oxygen atoms in total. The molecule has 0 spiro atoms. The molecule has 5 aromatic rings. The number of benzene rings is 3. The molecule has 0 saturated heterocycles. The van der Waals surface area contributed by atoms with E-state index in [1.54, 1.807) is 43.3 Å². The zero-order valence-corrected chi connectivity index (χ0v) is 24.3.